The molecule has 0 unspecified atom stereocenters. The molecule has 2 amide bonds. The molecule has 1 aliphatic carbocycles. The molecule has 1 aromatic carbocycles. The Balaban J connectivity index is 1.41. The average Bonchev–Trinajstić information content (AvgIpc) is 2.58. The second kappa shape index (κ2) is 7.83. The number of carbonyl (C=O) groups excluding carboxylic acids is 1. The molecule has 2 aliphatic rings. The summed E-state index contributed by atoms with van der Waals surface area (Å²) in [5.74, 6) is -0.218. The first-order valence-corrected chi connectivity index (χ1v) is 8.86. The summed E-state index contributed by atoms with van der Waals surface area (Å²) in [6, 6.07) is 6.86. The number of hydrogen-bond acceptors (Lipinski definition) is 3. The van der Waals surface area contributed by atoms with Crippen LogP contribution in [0.5, 0.6) is 0 Å². The molecule has 0 radical (unpaired) electrons. The van der Waals surface area contributed by atoms with Crippen LogP contribution < -0.4 is 15.5 Å². The molecule has 0 spiro atoms. The molecule has 1 saturated heterocycles. The lowest BCUT2D eigenvalue weighted by molar-refractivity contribution is 0.117. The summed E-state index contributed by atoms with van der Waals surface area (Å²) in [5.41, 5.74) is 0.902. The number of nitrogens with zero attached hydrogens (tertiary/aromatic N) is 1. The van der Waals surface area contributed by atoms with E-state index in [9.17, 15) is 14.3 Å². The van der Waals surface area contributed by atoms with E-state index < -0.39 is 0 Å². The Morgan fingerprint density at radius 1 is 1.04 bits per heavy atom. The smallest absolute Gasteiger partial charge is 0.315 e. The van der Waals surface area contributed by atoms with Crippen LogP contribution in [0.15, 0.2) is 24.3 Å². The van der Waals surface area contributed by atoms with Gasteiger partial charge in [-0.05, 0) is 56.7 Å². The molecule has 1 aromatic rings. The fourth-order valence-electron chi connectivity index (χ4n) is 3.59. The molecule has 1 saturated carbocycles. The van der Waals surface area contributed by atoms with E-state index in [-0.39, 0.29) is 30.0 Å². The third-order valence-electron chi connectivity index (χ3n) is 5.04. The van der Waals surface area contributed by atoms with Gasteiger partial charge in [-0.15, -0.1) is 0 Å². The van der Waals surface area contributed by atoms with Gasteiger partial charge >= 0.3 is 6.03 Å². The quantitative estimate of drug-likeness (QED) is 0.795. The highest BCUT2D eigenvalue weighted by atomic mass is 19.1. The van der Waals surface area contributed by atoms with Gasteiger partial charge < -0.3 is 20.6 Å². The molecule has 24 heavy (non-hydrogen) atoms. The summed E-state index contributed by atoms with van der Waals surface area (Å²) in [6.45, 7) is 1.62. The third kappa shape index (κ3) is 4.60. The summed E-state index contributed by atoms with van der Waals surface area (Å²) in [7, 11) is 0. The number of piperidine rings is 1. The highest BCUT2D eigenvalue weighted by Crippen LogP contribution is 2.21. The van der Waals surface area contributed by atoms with Crippen molar-refractivity contribution in [2.45, 2.75) is 56.7 Å². The number of hydrogen-bond donors (Lipinski definition) is 3. The van der Waals surface area contributed by atoms with E-state index in [0.717, 1.165) is 57.3 Å². The van der Waals surface area contributed by atoms with Crippen LogP contribution >= 0.6 is 0 Å². The van der Waals surface area contributed by atoms with E-state index in [2.05, 4.69) is 15.5 Å². The first-order chi connectivity index (χ1) is 11.6. The second-order valence-corrected chi connectivity index (χ2v) is 6.86. The van der Waals surface area contributed by atoms with Gasteiger partial charge in [-0.1, -0.05) is 6.07 Å². The van der Waals surface area contributed by atoms with Crippen LogP contribution in [0.1, 0.15) is 38.5 Å². The van der Waals surface area contributed by atoms with Crippen LogP contribution in [0.25, 0.3) is 0 Å². The summed E-state index contributed by atoms with van der Waals surface area (Å²) >= 11 is 0. The van der Waals surface area contributed by atoms with Crippen LogP contribution in [0.3, 0.4) is 0 Å². The van der Waals surface area contributed by atoms with Crippen LogP contribution in [-0.2, 0) is 0 Å². The minimum absolute atomic E-state index is 0.111. The normalized spacial score (nSPS) is 25.3. The lowest BCUT2D eigenvalue weighted by Crippen LogP contribution is -2.50. The van der Waals surface area contributed by atoms with Crippen molar-refractivity contribution in [3.8, 4) is 0 Å². The van der Waals surface area contributed by atoms with Crippen molar-refractivity contribution in [3.05, 3.63) is 30.1 Å². The van der Waals surface area contributed by atoms with E-state index in [1.165, 1.54) is 6.07 Å². The van der Waals surface area contributed by atoms with Crippen LogP contribution in [-0.4, -0.2) is 42.4 Å². The van der Waals surface area contributed by atoms with E-state index in [1.54, 1.807) is 12.1 Å². The fourth-order valence-corrected chi connectivity index (χ4v) is 3.59. The number of rotatable bonds is 3. The number of halogens is 1. The Morgan fingerprint density at radius 3 is 2.29 bits per heavy atom. The second-order valence-electron chi connectivity index (χ2n) is 6.86. The molecule has 1 aliphatic heterocycles. The van der Waals surface area contributed by atoms with Gasteiger partial charge in [0.05, 0.1) is 6.10 Å². The minimum Gasteiger partial charge on any atom is -0.393 e. The molecule has 132 valence electrons. The van der Waals surface area contributed by atoms with Crippen molar-refractivity contribution >= 4 is 11.7 Å². The van der Waals surface area contributed by atoms with Crippen LogP contribution in [0, 0.1) is 5.82 Å². The van der Waals surface area contributed by atoms with Crippen molar-refractivity contribution in [3.63, 3.8) is 0 Å². The summed E-state index contributed by atoms with van der Waals surface area (Å²) in [6.07, 6.45) is 4.70. The van der Waals surface area contributed by atoms with Crippen molar-refractivity contribution in [2.75, 3.05) is 18.0 Å². The largest absolute Gasteiger partial charge is 0.393 e. The number of benzene rings is 1. The van der Waals surface area contributed by atoms with Gasteiger partial charge in [-0.3, -0.25) is 0 Å². The van der Waals surface area contributed by atoms with Crippen molar-refractivity contribution in [1.82, 2.24) is 10.6 Å². The predicted molar refractivity (Wildman–Crippen MR) is 91.6 cm³/mol. The summed E-state index contributed by atoms with van der Waals surface area (Å²) in [4.78, 5) is 14.3. The maximum Gasteiger partial charge on any atom is 0.315 e. The molecule has 3 rings (SSSR count). The Bertz CT molecular complexity index is 553. The number of aliphatic hydroxyl groups is 1. The Morgan fingerprint density at radius 2 is 1.67 bits per heavy atom. The lowest BCUT2D eigenvalue weighted by Gasteiger charge is -2.34. The van der Waals surface area contributed by atoms with Crippen LogP contribution in [0.2, 0.25) is 0 Å². The molecule has 5 nitrogen and oxygen atoms in total. The summed E-state index contributed by atoms with van der Waals surface area (Å²) in [5, 5.41) is 15.6. The molecular weight excluding hydrogens is 309 g/mol. The lowest BCUT2D eigenvalue weighted by atomic mass is 9.93. The number of anilines is 1. The van der Waals surface area contributed by atoms with Gasteiger partial charge in [0, 0.05) is 30.9 Å². The zero-order valence-electron chi connectivity index (χ0n) is 13.9. The fraction of sp³-hybridized carbons (Fsp3) is 0.611. The Kier molecular flexibility index (Phi) is 5.56. The van der Waals surface area contributed by atoms with Gasteiger partial charge in [0.1, 0.15) is 5.82 Å². The maximum absolute atomic E-state index is 13.3. The van der Waals surface area contributed by atoms with Gasteiger partial charge in [0.25, 0.3) is 0 Å². The van der Waals surface area contributed by atoms with E-state index in [0.29, 0.717) is 0 Å². The Hall–Kier alpha value is -1.82. The van der Waals surface area contributed by atoms with Gasteiger partial charge in [0.15, 0.2) is 0 Å². The number of carbonyl (C=O) groups is 1. The van der Waals surface area contributed by atoms with E-state index >= 15 is 0 Å². The Labute approximate surface area is 142 Å². The zero-order chi connectivity index (χ0) is 16.9. The number of amides is 2. The topological polar surface area (TPSA) is 64.6 Å². The maximum atomic E-state index is 13.3. The van der Waals surface area contributed by atoms with E-state index in [1.807, 2.05) is 6.07 Å². The summed E-state index contributed by atoms with van der Waals surface area (Å²) < 4.78 is 13.3. The standard InChI is InChI=1S/C18H26FN3O2/c19-13-2-1-3-16(12-13)22-10-8-15(9-11-22)21-18(24)20-14-4-6-17(23)7-5-14/h1-3,12,14-15,17,23H,4-11H2,(H2,20,21,24). The van der Waals surface area contributed by atoms with E-state index in [4.69, 9.17) is 0 Å². The van der Waals surface area contributed by atoms with Crippen molar-refractivity contribution in [2.24, 2.45) is 0 Å². The monoisotopic (exact) mass is 335 g/mol. The highest BCUT2D eigenvalue weighted by Gasteiger charge is 2.24. The number of nitrogens with one attached hydrogen (secondary N) is 2. The first kappa shape index (κ1) is 17.0. The highest BCUT2D eigenvalue weighted by molar-refractivity contribution is 5.74. The van der Waals surface area contributed by atoms with Gasteiger partial charge in [-0.2, -0.15) is 0 Å². The third-order valence-corrected chi connectivity index (χ3v) is 5.04. The first-order valence-electron chi connectivity index (χ1n) is 8.86. The van der Waals surface area contributed by atoms with Crippen LogP contribution in [0.4, 0.5) is 14.9 Å². The predicted octanol–water partition coefficient (Wildman–Crippen LogP) is 2.40. The van der Waals surface area contributed by atoms with Gasteiger partial charge in [0.2, 0.25) is 0 Å². The molecule has 0 bridgehead atoms. The molecule has 3 N–H and O–H groups in total. The molecule has 6 heteroatoms. The SMILES string of the molecule is O=C(NC1CCC(O)CC1)NC1CCN(c2cccc(F)c2)CC1. The average molecular weight is 335 g/mol. The van der Waals surface area contributed by atoms with Gasteiger partial charge in [-0.25, -0.2) is 9.18 Å². The van der Waals surface area contributed by atoms with Crippen molar-refractivity contribution < 1.29 is 14.3 Å². The molecule has 0 aromatic heterocycles. The minimum atomic E-state index is -0.218. The number of aliphatic hydroxyl groups excluding tert-OH is 1. The molecular formula is C18H26FN3O2. The van der Waals surface area contributed by atoms with Crippen molar-refractivity contribution in [1.29, 1.82) is 0 Å². The number of urea groups is 1. The molecule has 2 fully saturated rings. The zero-order valence-corrected chi connectivity index (χ0v) is 13.9. The molecule has 1 heterocycles. The molecule has 0 atom stereocenters.